The molecule has 2 aromatic carbocycles. The van der Waals surface area contributed by atoms with Crippen LogP contribution >= 0.6 is 0 Å². The van der Waals surface area contributed by atoms with Crippen LogP contribution in [0.2, 0.25) is 0 Å². The number of para-hydroxylation sites is 1. The lowest BCUT2D eigenvalue weighted by Crippen LogP contribution is -2.64. The minimum atomic E-state index is -5.52. The van der Waals surface area contributed by atoms with Gasteiger partial charge >= 0.3 is 18.2 Å². The molecule has 0 fully saturated rings. The number of alkyl carbamates (subject to hydrolysis) is 1. The predicted molar refractivity (Wildman–Crippen MR) is 126 cm³/mol. The van der Waals surface area contributed by atoms with Crippen LogP contribution in [0.25, 0.3) is 22.0 Å². The fourth-order valence-corrected chi connectivity index (χ4v) is 3.81. The van der Waals surface area contributed by atoms with Crippen LogP contribution in [0.15, 0.2) is 53.3 Å². The Bertz CT molecular complexity index is 1340. The van der Waals surface area contributed by atoms with Crippen molar-refractivity contribution >= 4 is 23.0 Å². The van der Waals surface area contributed by atoms with Gasteiger partial charge in [-0.1, -0.05) is 30.3 Å². The van der Waals surface area contributed by atoms with Gasteiger partial charge in [0.25, 0.3) is 11.1 Å². The lowest BCUT2D eigenvalue weighted by molar-refractivity contribution is -0.214. The van der Waals surface area contributed by atoms with E-state index in [0.717, 1.165) is 7.11 Å². The Morgan fingerprint density at radius 2 is 1.56 bits per heavy atom. The Kier molecular flexibility index (Phi) is 7.06. The number of hydrogen-bond acceptors (Lipinski definition) is 6. The molecule has 0 saturated heterocycles. The number of esters is 1. The van der Waals surface area contributed by atoms with Gasteiger partial charge in [-0.3, -0.25) is 10.1 Å². The Morgan fingerprint density at radius 1 is 0.944 bits per heavy atom. The monoisotopic (exact) mass is 506 g/mol. The average Bonchev–Trinajstić information content (AvgIpc) is 2.79. The van der Waals surface area contributed by atoms with E-state index in [1.165, 1.54) is 64.3 Å². The minimum Gasteiger partial charge on any atom is -0.497 e. The zero-order chi connectivity index (χ0) is 26.9. The minimum absolute atomic E-state index is 0.164. The van der Waals surface area contributed by atoms with Gasteiger partial charge < -0.3 is 19.2 Å². The molecule has 3 aromatic rings. The molecule has 0 spiro atoms. The van der Waals surface area contributed by atoms with E-state index in [-0.39, 0.29) is 22.0 Å². The van der Waals surface area contributed by atoms with Gasteiger partial charge in [0.15, 0.2) is 0 Å². The van der Waals surface area contributed by atoms with Gasteiger partial charge in [0.1, 0.15) is 11.4 Å². The molecule has 0 bridgehead atoms. The molecule has 36 heavy (non-hydrogen) atoms. The third kappa shape index (κ3) is 4.86. The van der Waals surface area contributed by atoms with E-state index >= 15 is 0 Å². The number of amides is 1. The molecule has 1 amide bonds. The summed E-state index contributed by atoms with van der Waals surface area (Å²) < 4.78 is 59.5. The third-order valence-electron chi connectivity index (χ3n) is 5.28. The van der Waals surface area contributed by atoms with Gasteiger partial charge in [0, 0.05) is 16.5 Å². The van der Waals surface area contributed by atoms with Crippen molar-refractivity contribution in [2.75, 3.05) is 14.2 Å². The topological polar surface area (TPSA) is 107 Å². The van der Waals surface area contributed by atoms with Gasteiger partial charge in [0.05, 0.1) is 19.8 Å². The molecule has 1 heterocycles. The summed E-state index contributed by atoms with van der Waals surface area (Å²) in [7, 11) is 2.14. The normalized spacial score (nSPS) is 13.6. The van der Waals surface area contributed by atoms with Crippen LogP contribution < -0.4 is 15.6 Å². The predicted octanol–water partition coefficient (Wildman–Crippen LogP) is 4.66. The summed E-state index contributed by atoms with van der Waals surface area (Å²) in [6.45, 7) is 4.31. The second-order valence-electron chi connectivity index (χ2n) is 8.84. The van der Waals surface area contributed by atoms with Crippen LogP contribution in [-0.2, 0) is 19.8 Å². The Hall–Kier alpha value is -4.02. The van der Waals surface area contributed by atoms with Crippen LogP contribution in [0, 0.1) is 0 Å². The van der Waals surface area contributed by atoms with Crippen molar-refractivity contribution < 1.29 is 37.0 Å². The van der Waals surface area contributed by atoms with Crippen LogP contribution in [-0.4, -0.2) is 43.0 Å². The maximum atomic E-state index is 14.9. The van der Waals surface area contributed by atoms with Crippen molar-refractivity contribution in [3.05, 3.63) is 64.4 Å². The maximum absolute atomic E-state index is 14.9. The van der Waals surface area contributed by atoms with Crippen LogP contribution in [0.1, 0.15) is 26.3 Å². The molecular formula is C25H25F3N2O6. The largest absolute Gasteiger partial charge is 0.497 e. The van der Waals surface area contributed by atoms with E-state index in [4.69, 9.17) is 9.47 Å². The van der Waals surface area contributed by atoms with E-state index in [1.807, 2.05) is 0 Å². The molecule has 0 saturated carbocycles. The number of ether oxygens (including phenoxy) is 3. The second kappa shape index (κ2) is 9.56. The third-order valence-corrected chi connectivity index (χ3v) is 5.28. The zero-order valence-corrected chi connectivity index (χ0v) is 20.2. The molecule has 0 aliphatic rings. The highest BCUT2D eigenvalue weighted by atomic mass is 19.4. The molecule has 8 nitrogen and oxygen atoms in total. The summed E-state index contributed by atoms with van der Waals surface area (Å²) in [5, 5.41) is 1.82. The molecule has 0 aliphatic carbocycles. The number of pyridine rings is 1. The van der Waals surface area contributed by atoms with Crippen LogP contribution in [0.3, 0.4) is 0 Å². The number of aromatic amines is 1. The van der Waals surface area contributed by atoms with Crippen molar-refractivity contribution in [1.82, 2.24) is 10.3 Å². The first-order valence-electron chi connectivity index (χ1n) is 10.7. The zero-order valence-electron chi connectivity index (χ0n) is 20.2. The first-order valence-corrected chi connectivity index (χ1v) is 10.7. The lowest BCUT2D eigenvalue weighted by atomic mass is 9.82. The molecule has 192 valence electrons. The van der Waals surface area contributed by atoms with Crippen molar-refractivity contribution in [3.8, 4) is 16.9 Å². The SMILES string of the molecule is COC(=O)C(NC(=O)OC(C)(C)C)(c1c(-c2ccc(OC)cc2)c2ccccc2[nH]c1=O)C(F)(F)F. The number of nitrogens with one attached hydrogen (secondary N) is 2. The molecule has 1 unspecified atom stereocenters. The Morgan fingerprint density at radius 3 is 2.08 bits per heavy atom. The van der Waals surface area contributed by atoms with E-state index in [0.29, 0.717) is 5.75 Å². The quantitative estimate of drug-likeness (QED) is 0.488. The molecule has 2 N–H and O–H groups in total. The van der Waals surface area contributed by atoms with Crippen LogP contribution in [0.5, 0.6) is 5.75 Å². The summed E-state index contributed by atoms with van der Waals surface area (Å²) in [5.74, 6) is -1.51. The highest BCUT2D eigenvalue weighted by Crippen LogP contribution is 2.44. The molecule has 11 heteroatoms. The van der Waals surface area contributed by atoms with Crippen LogP contribution in [0.4, 0.5) is 18.0 Å². The number of methoxy groups -OCH3 is 2. The summed E-state index contributed by atoms with van der Waals surface area (Å²) in [6, 6.07) is 12.0. The standard InChI is InChI=1S/C25H25F3N2O6/c1-23(2,3)36-22(33)30-24(21(32)35-5,25(26,27)28)19-18(14-10-12-15(34-4)13-11-14)16-8-6-7-9-17(16)29-20(19)31/h6-13H,1-5H3,(H,29,31)(H,30,33). The van der Waals surface area contributed by atoms with Crippen molar-refractivity contribution in [2.45, 2.75) is 38.1 Å². The molecule has 3 rings (SSSR count). The number of hydrogen-bond donors (Lipinski definition) is 2. The smallest absolute Gasteiger partial charge is 0.427 e. The summed E-state index contributed by atoms with van der Waals surface area (Å²) in [6.07, 6.45) is -7.09. The van der Waals surface area contributed by atoms with E-state index in [2.05, 4.69) is 9.72 Å². The van der Waals surface area contributed by atoms with E-state index in [9.17, 15) is 27.6 Å². The number of fused-ring (bicyclic) bond motifs is 1. The number of carbonyl (C=O) groups excluding carboxylic acids is 2. The fraction of sp³-hybridized carbons (Fsp3) is 0.320. The number of carbonyl (C=O) groups is 2. The van der Waals surface area contributed by atoms with E-state index < -0.39 is 40.5 Å². The van der Waals surface area contributed by atoms with E-state index in [1.54, 1.807) is 17.4 Å². The highest BCUT2D eigenvalue weighted by Gasteiger charge is 2.66. The number of halogens is 3. The maximum Gasteiger partial charge on any atom is 0.427 e. The van der Waals surface area contributed by atoms with Crippen molar-refractivity contribution in [1.29, 1.82) is 0 Å². The van der Waals surface area contributed by atoms with Gasteiger partial charge in [-0.25, -0.2) is 9.59 Å². The molecule has 0 radical (unpaired) electrons. The number of alkyl halides is 3. The van der Waals surface area contributed by atoms with Crippen molar-refractivity contribution in [3.63, 3.8) is 0 Å². The number of rotatable bonds is 5. The summed E-state index contributed by atoms with van der Waals surface area (Å²) in [5.41, 5.74) is -7.28. The number of aromatic nitrogens is 1. The van der Waals surface area contributed by atoms with Gasteiger partial charge in [-0.2, -0.15) is 13.2 Å². The Labute approximate surface area is 204 Å². The van der Waals surface area contributed by atoms with Gasteiger partial charge in [-0.15, -0.1) is 0 Å². The average molecular weight is 506 g/mol. The molecular weight excluding hydrogens is 481 g/mol. The van der Waals surface area contributed by atoms with Gasteiger partial charge in [0.2, 0.25) is 0 Å². The number of benzene rings is 2. The summed E-state index contributed by atoms with van der Waals surface area (Å²) in [4.78, 5) is 41.4. The molecule has 0 aliphatic heterocycles. The van der Waals surface area contributed by atoms with Gasteiger partial charge in [-0.05, 0) is 44.5 Å². The first kappa shape index (κ1) is 26.6. The van der Waals surface area contributed by atoms with Crippen molar-refractivity contribution in [2.24, 2.45) is 0 Å². The lowest BCUT2D eigenvalue weighted by Gasteiger charge is -2.35. The molecule has 1 aromatic heterocycles. The second-order valence-corrected chi connectivity index (χ2v) is 8.84. The fourth-order valence-electron chi connectivity index (χ4n) is 3.81. The highest BCUT2D eigenvalue weighted by molar-refractivity contribution is 6.00. The molecule has 1 atom stereocenters. The number of H-pyrrole nitrogens is 1. The first-order chi connectivity index (χ1) is 16.7. The summed E-state index contributed by atoms with van der Waals surface area (Å²) >= 11 is 0. The Balaban J connectivity index is 2.49.